The lowest BCUT2D eigenvalue weighted by Gasteiger charge is -2.03. The molecule has 0 aliphatic heterocycles. The van der Waals surface area contributed by atoms with Gasteiger partial charge in [0.05, 0.1) is 10.0 Å². The second kappa shape index (κ2) is 4.39. The fraction of sp³-hybridized carbons (Fsp3) is 0.143. The molecule has 70 valence electrons. The van der Waals surface area contributed by atoms with Crippen LogP contribution in [0.25, 0.3) is 0 Å². The monoisotopic (exact) mass is 222 g/mol. The van der Waals surface area contributed by atoms with Gasteiger partial charge in [0.25, 0.3) is 5.91 Å². The van der Waals surface area contributed by atoms with Gasteiger partial charge in [-0.2, -0.15) is 0 Å². The van der Waals surface area contributed by atoms with E-state index in [-0.39, 0.29) is 10.8 Å². The van der Waals surface area contributed by atoms with Crippen molar-refractivity contribution in [2.45, 2.75) is 0 Å². The normalized spacial score (nSPS) is 9.77. The number of hydrogen-bond donors (Lipinski definition) is 1. The van der Waals surface area contributed by atoms with Gasteiger partial charge in [0.1, 0.15) is 0 Å². The molecule has 1 amide bonds. The zero-order valence-corrected chi connectivity index (χ0v) is 7.86. The van der Waals surface area contributed by atoms with Crippen LogP contribution in [0.2, 0.25) is 10.0 Å². The van der Waals surface area contributed by atoms with Gasteiger partial charge in [0.15, 0.2) is 12.5 Å². The molecule has 0 spiro atoms. The third-order valence-electron chi connectivity index (χ3n) is 1.19. The fourth-order valence-electron chi connectivity index (χ4n) is 0.672. The number of nitrogens with zero attached hydrogens (tertiary/aromatic N) is 1. The maximum Gasteiger partial charge on any atom is 0.256 e. The summed E-state index contributed by atoms with van der Waals surface area (Å²) in [6, 6.07) is 1.41. The Hall–Kier alpha value is -0.870. The number of nitrogens with one attached hydrogen (secondary N) is 1. The number of carbonyl (C=O) groups excluding carboxylic acids is 1. The molecule has 1 N–H and O–H groups in total. The van der Waals surface area contributed by atoms with Crippen molar-refractivity contribution in [3.05, 3.63) is 22.3 Å². The van der Waals surface area contributed by atoms with Crippen LogP contribution in [0.1, 0.15) is 0 Å². The first kappa shape index (κ1) is 10.2. The summed E-state index contributed by atoms with van der Waals surface area (Å²) in [6.07, 6.45) is 1.31. The van der Waals surface area contributed by atoms with E-state index in [0.717, 1.165) is 0 Å². The number of alkyl halides is 1. The van der Waals surface area contributed by atoms with Gasteiger partial charge >= 0.3 is 0 Å². The van der Waals surface area contributed by atoms with Crippen LogP contribution in [0.4, 0.5) is 10.2 Å². The molecule has 1 aromatic heterocycles. The zero-order chi connectivity index (χ0) is 9.84. The number of amides is 1. The number of halogens is 3. The first-order valence-corrected chi connectivity index (χ1v) is 4.06. The third kappa shape index (κ3) is 2.82. The Morgan fingerprint density at radius 1 is 1.62 bits per heavy atom. The number of aromatic nitrogens is 1. The first-order chi connectivity index (χ1) is 6.13. The van der Waals surface area contributed by atoms with Gasteiger partial charge in [-0.3, -0.25) is 4.79 Å². The highest BCUT2D eigenvalue weighted by Gasteiger charge is 2.06. The SMILES string of the molecule is O=C(CF)Nc1ncc(Cl)cc1Cl. The molecule has 3 nitrogen and oxygen atoms in total. The number of rotatable bonds is 2. The standard InChI is InChI=1S/C7H5Cl2FN2O/c8-4-1-5(9)7(11-3-4)12-6(13)2-10/h1,3H,2H2,(H,11,12,13). The first-order valence-electron chi connectivity index (χ1n) is 3.30. The van der Waals surface area contributed by atoms with Crippen molar-refractivity contribution >= 4 is 34.9 Å². The average Bonchev–Trinajstić information content (AvgIpc) is 2.09. The van der Waals surface area contributed by atoms with Gasteiger partial charge in [0.2, 0.25) is 0 Å². The van der Waals surface area contributed by atoms with E-state index >= 15 is 0 Å². The molecule has 0 atom stereocenters. The van der Waals surface area contributed by atoms with E-state index in [1.807, 2.05) is 0 Å². The molecule has 1 heterocycles. The van der Waals surface area contributed by atoms with E-state index in [4.69, 9.17) is 23.2 Å². The molecule has 0 fully saturated rings. The highest BCUT2D eigenvalue weighted by atomic mass is 35.5. The smallest absolute Gasteiger partial charge is 0.256 e. The minimum Gasteiger partial charge on any atom is -0.307 e. The lowest BCUT2D eigenvalue weighted by Crippen LogP contribution is -2.14. The summed E-state index contributed by atoms with van der Waals surface area (Å²) in [5.74, 6) is -0.689. The van der Waals surface area contributed by atoms with E-state index in [9.17, 15) is 9.18 Å². The van der Waals surface area contributed by atoms with E-state index < -0.39 is 12.6 Å². The molecule has 0 radical (unpaired) electrons. The van der Waals surface area contributed by atoms with Crippen molar-refractivity contribution in [2.24, 2.45) is 0 Å². The van der Waals surface area contributed by atoms with Gasteiger partial charge in [-0.05, 0) is 6.07 Å². The minimum absolute atomic E-state index is 0.105. The average molecular weight is 223 g/mol. The Labute approximate surface area is 83.9 Å². The summed E-state index contributed by atoms with van der Waals surface area (Å²) in [6.45, 7) is -1.11. The largest absolute Gasteiger partial charge is 0.307 e. The van der Waals surface area contributed by atoms with E-state index in [0.29, 0.717) is 5.02 Å². The van der Waals surface area contributed by atoms with Crippen LogP contribution in [0, 0.1) is 0 Å². The number of hydrogen-bond acceptors (Lipinski definition) is 2. The topological polar surface area (TPSA) is 42.0 Å². The Morgan fingerprint density at radius 2 is 2.31 bits per heavy atom. The molecule has 1 rings (SSSR count). The Balaban J connectivity index is 2.83. The summed E-state index contributed by atoms with van der Waals surface area (Å²) in [7, 11) is 0. The Kier molecular flexibility index (Phi) is 3.45. The summed E-state index contributed by atoms with van der Waals surface area (Å²) in [4.78, 5) is 14.3. The zero-order valence-electron chi connectivity index (χ0n) is 6.35. The van der Waals surface area contributed by atoms with E-state index in [2.05, 4.69) is 10.3 Å². The molecule has 0 aromatic carbocycles. The number of anilines is 1. The lowest BCUT2D eigenvalue weighted by molar-refractivity contribution is -0.117. The summed E-state index contributed by atoms with van der Waals surface area (Å²) in [5, 5.41) is 2.70. The molecule has 0 saturated carbocycles. The molecule has 0 aliphatic carbocycles. The van der Waals surface area contributed by atoms with Crippen LogP contribution in [-0.4, -0.2) is 17.6 Å². The van der Waals surface area contributed by atoms with Gasteiger partial charge in [-0.25, -0.2) is 9.37 Å². The van der Waals surface area contributed by atoms with Crippen LogP contribution in [0.5, 0.6) is 0 Å². The number of carbonyl (C=O) groups is 1. The predicted octanol–water partition coefficient (Wildman–Crippen LogP) is 2.30. The van der Waals surface area contributed by atoms with Crippen LogP contribution >= 0.6 is 23.2 Å². The van der Waals surface area contributed by atoms with Crippen LogP contribution in [-0.2, 0) is 4.79 Å². The maximum atomic E-state index is 11.8. The summed E-state index contributed by atoms with van der Waals surface area (Å²) in [5.41, 5.74) is 0. The molecule has 6 heteroatoms. The van der Waals surface area contributed by atoms with E-state index in [1.165, 1.54) is 12.3 Å². The molecule has 0 bridgehead atoms. The van der Waals surface area contributed by atoms with Gasteiger partial charge in [-0.1, -0.05) is 23.2 Å². The lowest BCUT2D eigenvalue weighted by atomic mass is 10.4. The Morgan fingerprint density at radius 3 is 2.85 bits per heavy atom. The summed E-state index contributed by atoms with van der Waals surface area (Å²) < 4.78 is 11.8. The van der Waals surface area contributed by atoms with Crippen molar-refractivity contribution < 1.29 is 9.18 Å². The molecule has 0 saturated heterocycles. The van der Waals surface area contributed by atoms with Gasteiger partial charge < -0.3 is 5.32 Å². The predicted molar refractivity (Wildman–Crippen MR) is 48.9 cm³/mol. The molecule has 1 aromatic rings. The highest BCUT2D eigenvalue weighted by molar-refractivity contribution is 6.36. The van der Waals surface area contributed by atoms with Gasteiger partial charge in [-0.15, -0.1) is 0 Å². The van der Waals surface area contributed by atoms with Crippen molar-refractivity contribution in [3.63, 3.8) is 0 Å². The maximum absolute atomic E-state index is 11.8. The molecule has 13 heavy (non-hydrogen) atoms. The highest BCUT2D eigenvalue weighted by Crippen LogP contribution is 2.22. The fourth-order valence-corrected chi connectivity index (χ4v) is 1.10. The summed E-state index contributed by atoms with van der Waals surface area (Å²) >= 11 is 11.2. The molecular weight excluding hydrogens is 218 g/mol. The van der Waals surface area contributed by atoms with Crippen molar-refractivity contribution in [2.75, 3.05) is 12.0 Å². The minimum atomic E-state index is -1.11. The second-order valence-electron chi connectivity index (χ2n) is 2.17. The third-order valence-corrected chi connectivity index (χ3v) is 1.68. The van der Waals surface area contributed by atoms with Gasteiger partial charge in [0, 0.05) is 6.20 Å². The second-order valence-corrected chi connectivity index (χ2v) is 3.01. The van der Waals surface area contributed by atoms with Crippen molar-refractivity contribution in [1.82, 2.24) is 4.98 Å². The van der Waals surface area contributed by atoms with E-state index in [1.54, 1.807) is 0 Å². The Bertz CT molecular complexity index is 332. The van der Waals surface area contributed by atoms with Crippen LogP contribution in [0.15, 0.2) is 12.3 Å². The van der Waals surface area contributed by atoms with Crippen LogP contribution < -0.4 is 5.32 Å². The molecular formula is C7H5Cl2FN2O. The van der Waals surface area contributed by atoms with Crippen molar-refractivity contribution in [3.8, 4) is 0 Å². The van der Waals surface area contributed by atoms with Crippen LogP contribution in [0.3, 0.4) is 0 Å². The quantitative estimate of drug-likeness (QED) is 0.835. The molecule has 0 aliphatic rings. The molecule has 0 unspecified atom stereocenters. The van der Waals surface area contributed by atoms with Crippen molar-refractivity contribution in [1.29, 1.82) is 0 Å². The number of pyridine rings is 1.